The monoisotopic (exact) mass is 315 g/mol. The molecule has 1 rings (SSSR count). The Bertz CT molecular complexity index is 364. The number of rotatable bonds is 12. The van der Waals surface area contributed by atoms with Gasteiger partial charge in [0.2, 0.25) is 0 Å². The van der Waals surface area contributed by atoms with Crippen LogP contribution in [0.4, 0.5) is 0 Å². The summed E-state index contributed by atoms with van der Waals surface area (Å²) >= 11 is 6.12. The first kappa shape index (κ1) is 18.4. The van der Waals surface area contributed by atoms with Crippen LogP contribution in [0.1, 0.15) is 12.5 Å². The molecule has 0 fully saturated rings. The molecule has 0 aliphatic carbocycles. The molecular weight excluding hydrogens is 290 g/mol. The Morgan fingerprint density at radius 3 is 2.24 bits per heavy atom. The third-order valence-corrected chi connectivity index (χ3v) is 3.78. The van der Waals surface area contributed by atoms with Crippen molar-refractivity contribution in [2.45, 2.75) is 12.5 Å². The van der Waals surface area contributed by atoms with Crippen molar-refractivity contribution < 1.29 is 14.2 Å². The maximum absolute atomic E-state index is 6.12. The lowest BCUT2D eigenvalue weighted by Crippen LogP contribution is -2.43. The highest BCUT2D eigenvalue weighted by Gasteiger charge is 2.24. The van der Waals surface area contributed by atoms with Gasteiger partial charge in [0.05, 0.1) is 38.6 Å². The van der Waals surface area contributed by atoms with Gasteiger partial charge >= 0.3 is 0 Å². The Balaban J connectivity index is 2.15. The van der Waals surface area contributed by atoms with Crippen molar-refractivity contribution in [3.05, 3.63) is 35.9 Å². The lowest BCUT2D eigenvalue weighted by Gasteiger charge is -2.29. The Labute approximate surface area is 132 Å². The van der Waals surface area contributed by atoms with E-state index in [-0.39, 0.29) is 5.54 Å². The molecule has 0 heterocycles. The highest BCUT2D eigenvalue weighted by atomic mass is 35.5. The zero-order valence-electron chi connectivity index (χ0n) is 12.9. The average Bonchev–Trinajstić information content (AvgIpc) is 2.54. The van der Waals surface area contributed by atoms with E-state index in [1.807, 2.05) is 18.2 Å². The summed E-state index contributed by atoms with van der Waals surface area (Å²) in [5.74, 6) is 0.511. The van der Waals surface area contributed by atoms with Gasteiger partial charge in [-0.3, -0.25) is 0 Å². The molecule has 120 valence electrons. The lowest BCUT2D eigenvalue weighted by molar-refractivity contribution is 0.0246. The first-order valence-electron chi connectivity index (χ1n) is 7.24. The summed E-state index contributed by atoms with van der Waals surface area (Å²) in [4.78, 5) is 0. The van der Waals surface area contributed by atoms with Crippen LogP contribution in [0.5, 0.6) is 0 Å². The summed E-state index contributed by atoms with van der Waals surface area (Å²) in [5.41, 5.74) is 0.948. The summed E-state index contributed by atoms with van der Waals surface area (Å²) in [5, 5.41) is 3.46. The molecule has 1 unspecified atom stereocenters. The van der Waals surface area contributed by atoms with Gasteiger partial charge in [-0.2, -0.15) is 0 Å². The van der Waals surface area contributed by atoms with Gasteiger partial charge in [-0.1, -0.05) is 30.3 Å². The second kappa shape index (κ2) is 11.0. The highest BCUT2D eigenvalue weighted by Crippen LogP contribution is 2.21. The number of methoxy groups -OCH3 is 1. The van der Waals surface area contributed by atoms with E-state index in [4.69, 9.17) is 25.8 Å². The maximum atomic E-state index is 6.12. The van der Waals surface area contributed by atoms with Crippen LogP contribution in [0, 0.1) is 0 Å². The molecule has 1 aromatic rings. The molecule has 0 saturated heterocycles. The number of benzene rings is 1. The van der Waals surface area contributed by atoms with Crippen molar-refractivity contribution in [3.63, 3.8) is 0 Å². The molecule has 1 aromatic carbocycles. The van der Waals surface area contributed by atoms with Crippen molar-refractivity contribution in [3.8, 4) is 0 Å². The van der Waals surface area contributed by atoms with Gasteiger partial charge in [0.25, 0.3) is 0 Å². The van der Waals surface area contributed by atoms with Crippen molar-refractivity contribution in [1.29, 1.82) is 0 Å². The number of halogens is 1. The quantitative estimate of drug-likeness (QED) is 0.475. The van der Waals surface area contributed by atoms with Gasteiger partial charge < -0.3 is 19.5 Å². The van der Waals surface area contributed by atoms with Crippen molar-refractivity contribution >= 4 is 11.6 Å². The minimum absolute atomic E-state index is 0.235. The molecule has 21 heavy (non-hydrogen) atoms. The fourth-order valence-electron chi connectivity index (χ4n) is 1.90. The second-order valence-electron chi connectivity index (χ2n) is 4.98. The Morgan fingerprint density at radius 2 is 1.62 bits per heavy atom. The summed E-state index contributed by atoms with van der Waals surface area (Å²) < 4.78 is 15.7. The predicted molar refractivity (Wildman–Crippen MR) is 86.0 cm³/mol. The van der Waals surface area contributed by atoms with Crippen molar-refractivity contribution in [2.24, 2.45) is 0 Å². The number of ether oxygens (including phenoxy) is 3. The van der Waals surface area contributed by atoms with Crippen LogP contribution in [-0.4, -0.2) is 52.6 Å². The van der Waals surface area contributed by atoms with Crippen molar-refractivity contribution in [2.75, 3.05) is 52.6 Å². The van der Waals surface area contributed by atoms with Crippen LogP contribution in [-0.2, 0) is 19.7 Å². The van der Waals surface area contributed by atoms with Crippen LogP contribution in [0.25, 0.3) is 0 Å². The Kier molecular flexibility index (Phi) is 9.63. The standard InChI is InChI=1S/C16H26ClNO3/c1-16(14-17,15-6-4-3-5-7-15)18-8-9-20-12-13-21-11-10-19-2/h3-7,18H,8-14H2,1-2H3. The van der Waals surface area contributed by atoms with Gasteiger partial charge in [0, 0.05) is 19.5 Å². The van der Waals surface area contributed by atoms with Crippen LogP contribution in [0.3, 0.4) is 0 Å². The fraction of sp³-hybridized carbons (Fsp3) is 0.625. The molecule has 4 nitrogen and oxygen atoms in total. The average molecular weight is 316 g/mol. The molecule has 0 aliphatic heterocycles. The molecule has 0 amide bonds. The van der Waals surface area contributed by atoms with Gasteiger partial charge in [-0.15, -0.1) is 11.6 Å². The number of nitrogens with one attached hydrogen (secondary N) is 1. The summed E-state index contributed by atoms with van der Waals surface area (Å²) in [6, 6.07) is 10.2. The first-order chi connectivity index (χ1) is 10.2. The van der Waals surface area contributed by atoms with E-state index in [1.165, 1.54) is 5.56 Å². The third-order valence-electron chi connectivity index (χ3n) is 3.24. The zero-order chi connectivity index (χ0) is 15.4. The van der Waals surface area contributed by atoms with E-state index >= 15 is 0 Å². The molecule has 0 bridgehead atoms. The van der Waals surface area contributed by atoms with Crippen LogP contribution in [0.2, 0.25) is 0 Å². The molecule has 1 N–H and O–H groups in total. The minimum Gasteiger partial charge on any atom is -0.382 e. The van der Waals surface area contributed by atoms with E-state index in [0.717, 1.165) is 6.54 Å². The van der Waals surface area contributed by atoms with E-state index in [9.17, 15) is 0 Å². The molecular formula is C16H26ClNO3. The highest BCUT2D eigenvalue weighted by molar-refractivity contribution is 6.18. The molecule has 1 atom stereocenters. The van der Waals surface area contributed by atoms with Crippen LogP contribution in [0.15, 0.2) is 30.3 Å². The number of hydrogen-bond donors (Lipinski definition) is 1. The van der Waals surface area contributed by atoms with Gasteiger partial charge in [-0.25, -0.2) is 0 Å². The molecule has 0 aliphatic rings. The van der Waals surface area contributed by atoms with E-state index in [1.54, 1.807) is 7.11 Å². The van der Waals surface area contributed by atoms with Crippen LogP contribution >= 0.6 is 11.6 Å². The predicted octanol–water partition coefficient (Wildman–Crippen LogP) is 2.41. The van der Waals surface area contributed by atoms with Gasteiger partial charge in [0.1, 0.15) is 0 Å². The van der Waals surface area contributed by atoms with Gasteiger partial charge in [-0.05, 0) is 12.5 Å². The summed E-state index contributed by atoms with van der Waals surface area (Å²) in [6.45, 7) is 5.89. The second-order valence-corrected chi connectivity index (χ2v) is 5.24. The van der Waals surface area contributed by atoms with E-state index in [0.29, 0.717) is 38.9 Å². The molecule has 0 radical (unpaired) electrons. The smallest absolute Gasteiger partial charge is 0.0701 e. The summed E-state index contributed by atoms with van der Waals surface area (Å²) in [6.07, 6.45) is 0. The molecule has 5 heteroatoms. The van der Waals surface area contributed by atoms with E-state index < -0.39 is 0 Å². The van der Waals surface area contributed by atoms with Crippen LogP contribution < -0.4 is 5.32 Å². The fourth-order valence-corrected chi connectivity index (χ4v) is 2.14. The number of alkyl halides is 1. The molecule has 0 spiro atoms. The van der Waals surface area contributed by atoms with Gasteiger partial charge in [0.15, 0.2) is 0 Å². The zero-order valence-corrected chi connectivity index (χ0v) is 13.7. The minimum atomic E-state index is -0.235. The SMILES string of the molecule is COCCOCCOCCNC(C)(CCl)c1ccccc1. The largest absolute Gasteiger partial charge is 0.382 e. The Hall–Kier alpha value is -0.650. The Morgan fingerprint density at radius 1 is 1.00 bits per heavy atom. The topological polar surface area (TPSA) is 39.7 Å². The normalized spacial score (nSPS) is 14.0. The maximum Gasteiger partial charge on any atom is 0.0701 e. The summed E-state index contributed by atoms with van der Waals surface area (Å²) in [7, 11) is 1.66. The first-order valence-corrected chi connectivity index (χ1v) is 7.77. The lowest BCUT2D eigenvalue weighted by atomic mass is 9.94. The molecule has 0 aromatic heterocycles. The van der Waals surface area contributed by atoms with Crippen molar-refractivity contribution in [1.82, 2.24) is 5.32 Å². The third kappa shape index (κ3) is 7.25. The van der Waals surface area contributed by atoms with E-state index in [2.05, 4.69) is 24.4 Å². The number of hydrogen-bond acceptors (Lipinski definition) is 4. The molecule has 0 saturated carbocycles.